The van der Waals surface area contributed by atoms with Gasteiger partial charge in [0.1, 0.15) is 0 Å². The molecule has 11 nitrogen and oxygen atoms in total. The van der Waals surface area contributed by atoms with Gasteiger partial charge in [-0.3, -0.25) is 29.8 Å². The van der Waals surface area contributed by atoms with Crippen molar-refractivity contribution in [1.29, 1.82) is 0 Å². The number of carbonyl (C=O) groups excluding carboxylic acids is 2. The van der Waals surface area contributed by atoms with Gasteiger partial charge in [0.2, 0.25) is 11.8 Å². The fraction of sp³-hybridized carbons (Fsp3) is 0.211. The lowest BCUT2D eigenvalue weighted by molar-refractivity contribution is -0.394. The molecule has 2 amide bonds. The van der Waals surface area contributed by atoms with Crippen molar-refractivity contribution in [2.24, 2.45) is 5.10 Å². The lowest BCUT2D eigenvalue weighted by atomic mass is 10.1. The van der Waals surface area contributed by atoms with Crippen LogP contribution in [0.4, 0.5) is 17.1 Å². The maximum atomic E-state index is 12.2. The Labute approximate surface area is 181 Å². The summed E-state index contributed by atoms with van der Waals surface area (Å²) in [7, 11) is 0. The average molecular weight is 448 g/mol. The summed E-state index contributed by atoms with van der Waals surface area (Å²) in [5, 5.41) is 28.9. The van der Waals surface area contributed by atoms with Gasteiger partial charge in [-0.15, -0.1) is 0 Å². The second-order valence-corrected chi connectivity index (χ2v) is 7.01. The molecule has 0 fully saturated rings. The highest BCUT2D eigenvalue weighted by atomic mass is 35.5. The van der Waals surface area contributed by atoms with E-state index in [9.17, 15) is 29.8 Å². The minimum Gasteiger partial charge on any atom is -0.325 e. The van der Waals surface area contributed by atoms with E-state index < -0.39 is 33.5 Å². The number of nitro groups is 2. The number of hydrazone groups is 1. The summed E-state index contributed by atoms with van der Waals surface area (Å²) < 4.78 is 0. The van der Waals surface area contributed by atoms with E-state index in [1.54, 1.807) is 18.2 Å². The van der Waals surface area contributed by atoms with E-state index in [4.69, 9.17) is 11.6 Å². The third-order valence-electron chi connectivity index (χ3n) is 4.09. The van der Waals surface area contributed by atoms with Crippen LogP contribution in [-0.4, -0.2) is 27.4 Å². The first-order chi connectivity index (χ1) is 14.6. The lowest BCUT2D eigenvalue weighted by Gasteiger charge is -2.09. The van der Waals surface area contributed by atoms with Crippen molar-refractivity contribution in [3.63, 3.8) is 0 Å². The first-order valence-corrected chi connectivity index (χ1v) is 9.24. The number of aryl methyl sites for hydroxylation is 1. The fourth-order valence-electron chi connectivity index (χ4n) is 2.55. The summed E-state index contributed by atoms with van der Waals surface area (Å²) in [4.78, 5) is 44.6. The van der Waals surface area contributed by atoms with Crippen LogP contribution in [-0.2, 0) is 16.0 Å². The Morgan fingerprint density at radius 2 is 1.77 bits per heavy atom. The molecule has 0 aliphatic heterocycles. The molecule has 2 rings (SSSR count). The number of non-ortho nitro benzene ring substituents is 1. The van der Waals surface area contributed by atoms with Crippen molar-refractivity contribution in [3.05, 3.63) is 72.8 Å². The van der Waals surface area contributed by atoms with Crippen LogP contribution in [0.5, 0.6) is 0 Å². The smallest absolute Gasteiger partial charge is 0.279 e. The minimum atomic E-state index is -0.799. The molecular weight excluding hydrogens is 430 g/mol. The Hall–Kier alpha value is -3.86. The highest BCUT2D eigenvalue weighted by molar-refractivity contribution is 6.31. The predicted molar refractivity (Wildman–Crippen MR) is 114 cm³/mol. The van der Waals surface area contributed by atoms with Gasteiger partial charge in [0, 0.05) is 28.1 Å². The van der Waals surface area contributed by atoms with Crippen molar-refractivity contribution in [2.75, 3.05) is 5.32 Å². The quantitative estimate of drug-likeness (QED) is 0.358. The Morgan fingerprint density at radius 1 is 1.06 bits per heavy atom. The van der Waals surface area contributed by atoms with Crippen molar-refractivity contribution in [2.45, 2.75) is 26.7 Å². The van der Waals surface area contributed by atoms with Gasteiger partial charge in [-0.2, -0.15) is 5.10 Å². The number of amides is 2. The molecule has 0 spiro atoms. The van der Waals surface area contributed by atoms with Crippen LogP contribution in [0, 0.1) is 27.2 Å². The van der Waals surface area contributed by atoms with E-state index in [0.29, 0.717) is 16.4 Å². The van der Waals surface area contributed by atoms with E-state index in [0.717, 1.165) is 23.8 Å². The lowest BCUT2D eigenvalue weighted by Crippen LogP contribution is -2.23. The summed E-state index contributed by atoms with van der Waals surface area (Å²) in [6.45, 7) is 3.34. The first-order valence-electron chi connectivity index (χ1n) is 8.86. The van der Waals surface area contributed by atoms with Crippen LogP contribution >= 0.6 is 11.6 Å². The SMILES string of the molecule is C/C(CC(=O)Nc1cc(Cl)ccc1C)=N/NC(=O)Cc1ccc([N+](=O)[O-])cc1[N+](=O)[O-]. The molecule has 0 radical (unpaired) electrons. The van der Waals surface area contributed by atoms with Gasteiger partial charge < -0.3 is 5.32 Å². The predicted octanol–water partition coefficient (Wildman–Crippen LogP) is 3.53. The van der Waals surface area contributed by atoms with Gasteiger partial charge in [0.15, 0.2) is 0 Å². The molecule has 2 aromatic rings. The molecule has 0 aromatic heterocycles. The zero-order valence-corrected chi connectivity index (χ0v) is 17.3. The molecule has 2 N–H and O–H groups in total. The molecule has 162 valence electrons. The summed E-state index contributed by atoms with van der Waals surface area (Å²) in [5.41, 5.74) is 2.89. The Bertz CT molecular complexity index is 1090. The molecule has 0 saturated carbocycles. The van der Waals surface area contributed by atoms with Gasteiger partial charge >= 0.3 is 0 Å². The summed E-state index contributed by atoms with van der Waals surface area (Å²) >= 11 is 5.91. The topological polar surface area (TPSA) is 157 Å². The zero-order chi connectivity index (χ0) is 23.1. The van der Waals surface area contributed by atoms with Gasteiger partial charge in [0.25, 0.3) is 11.4 Å². The summed E-state index contributed by atoms with van der Waals surface area (Å²) in [6, 6.07) is 8.08. The maximum Gasteiger partial charge on any atom is 0.279 e. The molecule has 0 saturated heterocycles. The largest absolute Gasteiger partial charge is 0.325 e. The average Bonchev–Trinajstić information content (AvgIpc) is 2.69. The number of nitrogens with zero attached hydrogens (tertiary/aromatic N) is 3. The molecule has 2 aromatic carbocycles. The van der Waals surface area contributed by atoms with Crippen LogP contribution in [0.3, 0.4) is 0 Å². The van der Waals surface area contributed by atoms with Gasteiger partial charge in [-0.1, -0.05) is 17.7 Å². The number of hydrogen-bond donors (Lipinski definition) is 2. The second-order valence-electron chi connectivity index (χ2n) is 6.57. The Balaban J connectivity index is 1.98. The van der Waals surface area contributed by atoms with Crippen molar-refractivity contribution in [1.82, 2.24) is 5.43 Å². The van der Waals surface area contributed by atoms with Crippen LogP contribution in [0.1, 0.15) is 24.5 Å². The van der Waals surface area contributed by atoms with Gasteiger partial charge in [-0.05, 0) is 37.6 Å². The number of carbonyl (C=O) groups is 2. The third kappa shape index (κ3) is 6.85. The molecule has 12 heteroatoms. The number of nitrogens with one attached hydrogen (secondary N) is 2. The van der Waals surface area contributed by atoms with E-state index in [2.05, 4.69) is 15.8 Å². The van der Waals surface area contributed by atoms with E-state index in [1.165, 1.54) is 6.92 Å². The molecule has 31 heavy (non-hydrogen) atoms. The van der Waals surface area contributed by atoms with E-state index in [-0.39, 0.29) is 17.9 Å². The molecule has 0 atom stereocenters. The van der Waals surface area contributed by atoms with Gasteiger partial charge in [0.05, 0.1) is 28.8 Å². The number of anilines is 1. The molecular formula is C19H18ClN5O6. The minimum absolute atomic E-state index is 0.00451. The number of halogens is 1. The first kappa shape index (κ1) is 23.4. The number of hydrogen-bond acceptors (Lipinski definition) is 7. The van der Waals surface area contributed by atoms with E-state index >= 15 is 0 Å². The summed E-state index contributed by atoms with van der Waals surface area (Å²) in [6.07, 6.45) is -0.525. The van der Waals surface area contributed by atoms with Crippen LogP contribution < -0.4 is 10.7 Å². The second kappa shape index (κ2) is 10.3. The molecule has 0 heterocycles. The normalized spacial score (nSPS) is 11.0. The van der Waals surface area contributed by atoms with Crippen molar-refractivity contribution in [3.8, 4) is 0 Å². The standard InChI is InChI=1S/C19H18ClN5O6/c1-11-3-5-14(20)9-16(11)21-18(26)7-12(2)22-23-19(27)8-13-4-6-15(24(28)29)10-17(13)25(30)31/h3-6,9-10H,7-8H2,1-2H3,(H,21,26)(H,23,27)/b22-12-. The molecule has 0 aliphatic carbocycles. The Kier molecular flexibility index (Phi) is 7.75. The molecule has 0 unspecified atom stereocenters. The molecule has 0 aliphatic rings. The highest BCUT2D eigenvalue weighted by Crippen LogP contribution is 2.25. The number of rotatable bonds is 8. The van der Waals surface area contributed by atoms with E-state index in [1.807, 2.05) is 6.92 Å². The number of benzene rings is 2. The molecule has 0 bridgehead atoms. The fourth-order valence-corrected chi connectivity index (χ4v) is 2.72. The van der Waals surface area contributed by atoms with Crippen LogP contribution in [0.25, 0.3) is 0 Å². The van der Waals surface area contributed by atoms with Crippen molar-refractivity contribution >= 4 is 46.2 Å². The van der Waals surface area contributed by atoms with Crippen LogP contribution in [0.2, 0.25) is 5.02 Å². The zero-order valence-electron chi connectivity index (χ0n) is 16.5. The number of nitro benzene ring substituents is 2. The van der Waals surface area contributed by atoms with Crippen LogP contribution in [0.15, 0.2) is 41.5 Å². The monoisotopic (exact) mass is 447 g/mol. The third-order valence-corrected chi connectivity index (χ3v) is 4.32. The summed E-state index contributed by atoms with van der Waals surface area (Å²) in [5.74, 6) is -1.05. The maximum absolute atomic E-state index is 12.2. The van der Waals surface area contributed by atoms with Gasteiger partial charge in [-0.25, -0.2) is 5.43 Å². The Morgan fingerprint density at radius 3 is 2.42 bits per heavy atom. The highest BCUT2D eigenvalue weighted by Gasteiger charge is 2.21. The van der Waals surface area contributed by atoms with Crippen molar-refractivity contribution < 1.29 is 19.4 Å².